The van der Waals surface area contributed by atoms with Crippen molar-refractivity contribution >= 4 is 11.6 Å². The van der Waals surface area contributed by atoms with Crippen molar-refractivity contribution in [2.75, 3.05) is 0 Å². The van der Waals surface area contributed by atoms with Crippen LogP contribution in [0.4, 0.5) is 0 Å². The second kappa shape index (κ2) is 3.92. The lowest BCUT2D eigenvalue weighted by molar-refractivity contribution is 0.302. The van der Waals surface area contributed by atoms with Crippen molar-refractivity contribution in [2.24, 2.45) is 5.73 Å². The highest BCUT2D eigenvalue weighted by molar-refractivity contribution is 6.30. The molecule has 0 bridgehead atoms. The highest BCUT2D eigenvalue weighted by atomic mass is 35.5. The summed E-state index contributed by atoms with van der Waals surface area (Å²) in [6, 6.07) is 7.99. The lowest BCUT2D eigenvalue weighted by Gasteiger charge is -2.33. The molecule has 1 nitrogen and oxygen atoms in total. The number of rotatable bonds is 1. The Morgan fingerprint density at radius 2 is 1.57 bits per heavy atom. The normalized spacial score (nSPS) is 20.7. The average molecular weight is 210 g/mol. The molecule has 1 aliphatic rings. The number of hydrogen-bond acceptors (Lipinski definition) is 1. The Kier molecular flexibility index (Phi) is 2.80. The Morgan fingerprint density at radius 1 is 1.00 bits per heavy atom. The second-order valence-corrected chi connectivity index (χ2v) is 4.66. The van der Waals surface area contributed by atoms with Gasteiger partial charge in [0.15, 0.2) is 0 Å². The highest BCUT2D eigenvalue weighted by Gasteiger charge is 2.28. The van der Waals surface area contributed by atoms with E-state index in [1.54, 1.807) is 0 Å². The van der Waals surface area contributed by atoms with Gasteiger partial charge in [-0.15, -0.1) is 0 Å². The third kappa shape index (κ3) is 1.94. The molecule has 0 heterocycles. The van der Waals surface area contributed by atoms with Crippen molar-refractivity contribution in [3.05, 3.63) is 34.9 Å². The molecule has 1 aromatic rings. The molecule has 0 radical (unpaired) electrons. The van der Waals surface area contributed by atoms with Crippen LogP contribution in [-0.2, 0) is 5.54 Å². The van der Waals surface area contributed by atoms with E-state index in [4.69, 9.17) is 17.3 Å². The summed E-state index contributed by atoms with van der Waals surface area (Å²) in [5.74, 6) is 0. The molecule has 2 rings (SSSR count). The number of halogens is 1. The van der Waals surface area contributed by atoms with Gasteiger partial charge in [0.25, 0.3) is 0 Å². The van der Waals surface area contributed by atoms with E-state index in [2.05, 4.69) is 12.1 Å². The van der Waals surface area contributed by atoms with E-state index in [1.807, 2.05) is 12.1 Å². The van der Waals surface area contributed by atoms with E-state index in [-0.39, 0.29) is 5.54 Å². The minimum atomic E-state index is -0.0944. The predicted molar refractivity (Wildman–Crippen MR) is 60.4 cm³/mol. The summed E-state index contributed by atoms with van der Waals surface area (Å²) in [4.78, 5) is 0. The zero-order valence-corrected chi connectivity index (χ0v) is 9.06. The molecule has 76 valence electrons. The van der Waals surface area contributed by atoms with Crippen molar-refractivity contribution in [1.29, 1.82) is 0 Å². The monoisotopic (exact) mass is 209 g/mol. The third-order valence-corrected chi connectivity index (χ3v) is 3.42. The number of benzene rings is 1. The van der Waals surface area contributed by atoms with E-state index in [0.29, 0.717) is 0 Å². The largest absolute Gasteiger partial charge is 0.321 e. The fourth-order valence-electron chi connectivity index (χ4n) is 2.25. The summed E-state index contributed by atoms with van der Waals surface area (Å²) in [6.45, 7) is 0. The first kappa shape index (κ1) is 10.0. The van der Waals surface area contributed by atoms with Crippen LogP contribution in [0.2, 0.25) is 5.02 Å². The lowest BCUT2D eigenvalue weighted by Crippen LogP contribution is -2.38. The lowest BCUT2D eigenvalue weighted by atomic mass is 9.77. The van der Waals surface area contributed by atoms with Gasteiger partial charge in [0.2, 0.25) is 0 Å². The molecule has 2 N–H and O–H groups in total. The molecule has 0 saturated heterocycles. The van der Waals surface area contributed by atoms with Crippen LogP contribution >= 0.6 is 11.6 Å². The Hall–Kier alpha value is -0.530. The number of nitrogens with two attached hydrogens (primary N) is 1. The Labute approximate surface area is 90.3 Å². The Morgan fingerprint density at radius 3 is 2.14 bits per heavy atom. The highest BCUT2D eigenvalue weighted by Crippen LogP contribution is 2.34. The molecule has 0 atom stereocenters. The van der Waals surface area contributed by atoms with Gasteiger partial charge >= 0.3 is 0 Å². The van der Waals surface area contributed by atoms with E-state index < -0.39 is 0 Å². The Balaban J connectivity index is 2.23. The predicted octanol–water partition coefficient (Wildman–Crippen LogP) is 3.46. The molecule has 0 unspecified atom stereocenters. The summed E-state index contributed by atoms with van der Waals surface area (Å²) >= 11 is 5.86. The smallest absolute Gasteiger partial charge is 0.0409 e. The van der Waals surface area contributed by atoms with Crippen LogP contribution in [0.5, 0.6) is 0 Å². The average Bonchev–Trinajstić information content (AvgIpc) is 2.19. The van der Waals surface area contributed by atoms with Crippen molar-refractivity contribution in [3.63, 3.8) is 0 Å². The molecule has 1 saturated carbocycles. The maximum Gasteiger partial charge on any atom is 0.0409 e. The van der Waals surface area contributed by atoms with Crippen LogP contribution in [0, 0.1) is 0 Å². The fraction of sp³-hybridized carbons (Fsp3) is 0.500. The van der Waals surface area contributed by atoms with Crippen molar-refractivity contribution in [1.82, 2.24) is 0 Å². The zero-order valence-electron chi connectivity index (χ0n) is 8.30. The molecule has 1 aliphatic carbocycles. The van der Waals surface area contributed by atoms with Gasteiger partial charge in [-0.05, 0) is 30.5 Å². The van der Waals surface area contributed by atoms with Gasteiger partial charge in [0, 0.05) is 10.6 Å². The first-order chi connectivity index (χ1) is 6.71. The maximum absolute atomic E-state index is 6.39. The van der Waals surface area contributed by atoms with Crippen LogP contribution in [0.3, 0.4) is 0 Å². The SMILES string of the molecule is NC1(c2ccc(Cl)cc2)CCCCC1. The van der Waals surface area contributed by atoms with Crippen LogP contribution in [0.15, 0.2) is 24.3 Å². The van der Waals surface area contributed by atoms with Gasteiger partial charge < -0.3 is 5.73 Å². The minimum Gasteiger partial charge on any atom is -0.321 e. The van der Waals surface area contributed by atoms with Crippen LogP contribution in [-0.4, -0.2) is 0 Å². The minimum absolute atomic E-state index is 0.0944. The Bertz CT molecular complexity index is 299. The molecule has 1 fully saturated rings. The molecular formula is C12H16ClN. The first-order valence-electron chi connectivity index (χ1n) is 5.26. The summed E-state index contributed by atoms with van der Waals surface area (Å²) in [7, 11) is 0. The van der Waals surface area contributed by atoms with Gasteiger partial charge in [-0.3, -0.25) is 0 Å². The standard InChI is InChI=1S/C12H16ClN/c13-11-6-4-10(5-7-11)12(14)8-2-1-3-9-12/h4-7H,1-3,8-9,14H2. The summed E-state index contributed by atoms with van der Waals surface area (Å²) < 4.78 is 0. The van der Waals surface area contributed by atoms with Gasteiger partial charge in [-0.25, -0.2) is 0 Å². The van der Waals surface area contributed by atoms with Gasteiger partial charge in [0.1, 0.15) is 0 Å². The molecule has 0 aliphatic heterocycles. The van der Waals surface area contributed by atoms with E-state index in [0.717, 1.165) is 17.9 Å². The molecule has 0 spiro atoms. The molecule has 1 aromatic carbocycles. The molecule has 14 heavy (non-hydrogen) atoms. The van der Waals surface area contributed by atoms with Gasteiger partial charge in [-0.2, -0.15) is 0 Å². The van der Waals surface area contributed by atoms with E-state index >= 15 is 0 Å². The van der Waals surface area contributed by atoms with Crippen LogP contribution < -0.4 is 5.73 Å². The van der Waals surface area contributed by atoms with Crippen molar-refractivity contribution < 1.29 is 0 Å². The fourth-order valence-corrected chi connectivity index (χ4v) is 2.38. The quantitative estimate of drug-likeness (QED) is 0.753. The van der Waals surface area contributed by atoms with Gasteiger partial charge in [-0.1, -0.05) is 43.0 Å². The summed E-state index contributed by atoms with van der Waals surface area (Å²) in [5.41, 5.74) is 7.53. The molecular weight excluding hydrogens is 194 g/mol. The molecule has 0 aromatic heterocycles. The first-order valence-corrected chi connectivity index (χ1v) is 5.63. The second-order valence-electron chi connectivity index (χ2n) is 4.22. The molecule has 0 amide bonds. The van der Waals surface area contributed by atoms with Crippen molar-refractivity contribution in [2.45, 2.75) is 37.6 Å². The van der Waals surface area contributed by atoms with Crippen LogP contribution in [0.25, 0.3) is 0 Å². The van der Waals surface area contributed by atoms with Crippen molar-refractivity contribution in [3.8, 4) is 0 Å². The van der Waals surface area contributed by atoms with E-state index in [1.165, 1.54) is 24.8 Å². The molecule has 2 heteroatoms. The zero-order chi connectivity index (χ0) is 10.0. The topological polar surface area (TPSA) is 26.0 Å². The summed E-state index contributed by atoms with van der Waals surface area (Å²) in [6.07, 6.45) is 6.04. The third-order valence-electron chi connectivity index (χ3n) is 3.16. The summed E-state index contributed by atoms with van der Waals surface area (Å²) in [5, 5.41) is 0.785. The number of hydrogen-bond donors (Lipinski definition) is 1. The van der Waals surface area contributed by atoms with E-state index in [9.17, 15) is 0 Å². The maximum atomic E-state index is 6.39. The van der Waals surface area contributed by atoms with Crippen LogP contribution in [0.1, 0.15) is 37.7 Å². The van der Waals surface area contributed by atoms with Gasteiger partial charge in [0.05, 0.1) is 0 Å².